The van der Waals surface area contributed by atoms with Gasteiger partial charge in [0.05, 0.1) is 6.61 Å². The second-order valence-corrected chi connectivity index (χ2v) is 4.62. The van der Waals surface area contributed by atoms with E-state index < -0.39 is 5.54 Å². The van der Waals surface area contributed by atoms with Gasteiger partial charge in [0, 0.05) is 18.2 Å². The molecule has 0 radical (unpaired) electrons. The Morgan fingerprint density at radius 3 is 2.71 bits per heavy atom. The lowest BCUT2D eigenvalue weighted by molar-refractivity contribution is -0.123. The molecule has 0 saturated carbocycles. The molecule has 1 aliphatic rings. The Labute approximate surface area is 101 Å². The highest BCUT2D eigenvalue weighted by atomic mass is 16.5. The van der Waals surface area contributed by atoms with Crippen LogP contribution in [0.15, 0.2) is 30.3 Å². The van der Waals surface area contributed by atoms with E-state index in [0.29, 0.717) is 13.2 Å². The first kappa shape index (κ1) is 11.9. The molecule has 0 aliphatic carbocycles. The van der Waals surface area contributed by atoms with Crippen molar-refractivity contribution in [3.8, 4) is 0 Å². The van der Waals surface area contributed by atoms with E-state index in [1.54, 1.807) is 0 Å². The van der Waals surface area contributed by atoms with Crippen LogP contribution < -0.4 is 11.1 Å². The first-order valence-electron chi connectivity index (χ1n) is 5.84. The van der Waals surface area contributed by atoms with Gasteiger partial charge in [-0.1, -0.05) is 18.2 Å². The summed E-state index contributed by atoms with van der Waals surface area (Å²) in [6.45, 7) is 3.13. The van der Waals surface area contributed by atoms with Gasteiger partial charge in [0.15, 0.2) is 0 Å². The number of nitrogens with two attached hydrogens (primary N) is 1. The molecule has 1 saturated heterocycles. The molecule has 0 aromatic heterocycles. The first-order chi connectivity index (χ1) is 8.13. The number of hydrogen-bond acceptors (Lipinski definition) is 3. The molecule has 2 rings (SSSR count). The third-order valence-electron chi connectivity index (χ3n) is 3.44. The standard InChI is InChI=1S/C13H18N2O2/c1-13(12(14)16,10-7-8-17-9-10)15-11-5-3-2-4-6-11/h2-6,10,15H,7-9H2,1H3,(H2,14,16). The number of primary amides is 1. The number of carbonyl (C=O) groups excluding carboxylic acids is 1. The fraction of sp³-hybridized carbons (Fsp3) is 0.462. The van der Waals surface area contributed by atoms with Crippen molar-refractivity contribution in [3.05, 3.63) is 30.3 Å². The van der Waals surface area contributed by atoms with Gasteiger partial charge < -0.3 is 15.8 Å². The number of ether oxygens (including phenoxy) is 1. The van der Waals surface area contributed by atoms with Gasteiger partial charge in [-0.15, -0.1) is 0 Å². The summed E-state index contributed by atoms with van der Waals surface area (Å²) in [7, 11) is 0. The normalized spacial score (nSPS) is 23.0. The Bertz CT molecular complexity index is 388. The van der Waals surface area contributed by atoms with E-state index in [2.05, 4.69) is 5.32 Å². The van der Waals surface area contributed by atoms with Gasteiger partial charge >= 0.3 is 0 Å². The van der Waals surface area contributed by atoms with Crippen LogP contribution in [-0.4, -0.2) is 24.7 Å². The van der Waals surface area contributed by atoms with Gasteiger partial charge in [-0.25, -0.2) is 0 Å². The number of rotatable bonds is 4. The van der Waals surface area contributed by atoms with Crippen LogP contribution >= 0.6 is 0 Å². The topological polar surface area (TPSA) is 64.3 Å². The van der Waals surface area contributed by atoms with E-state index in [9.17, 15) is 4.79 Å². The molecular weight excluding hydrogens is 216 g/mol. The maximum atomic E-state index is 11.7. The third-order valence-corrected chi connectivity index (χ3v) is 3.44. The molecule has 92 valence electrons. The molecule has 1 amide bonds. The minimum absolute atomic E-state index is 0.125. The predicted molar refractivity (Wildman–Crippen MR) is 66.6 cm³/mol. The second kappa shape index (κ2) is 4.75. The number of benzene rings is 1. The lowest BCUT2D eigenvalue weighted by atomic mass is 9.84. The Morgan fingerprint density at radius 1 is 1.47 bits per heavy atom. The molecule has 2 unspecified atom stereocenters. The van der Waals surface area contributed by atoms with Crippen LogP contribution in [0.1, 0.15) is 13.3 Å². The van der Waals surface area contributed by atoms with Crippen LogP contribution in [0.5, 0.6) is 0 Å². The fourth-order valence-corrected chi connectivity index (χ4v) is 2.18. The second-order valence-electron chi connectivity index (χ2n) is 4.62. The number of carbonyl (C=O) groups is 1. The van der Waals surface area contributed by atoms with Gasteiger partial charge in [0.25, 0.3) is 0 Å². The summed E-state index contributed by atoms with van der Waals surface area (Å²) in [5, 5.41) is 3.24. The van der Waals surface area contributed by atoms with Crippen LogP contribution in [0.2, 0.25) is 0 Å². The molecule has 0 bridgehead atoms. The monoisotopic (exact) mass is 234 g/mol. The molecule has 1 aliphatic heterocycles. The summed E-state index contributed by atoms with van der Waals surface area (Å²) in [6.07, 6.45) is 0.860. The zero-order chi connectivity index (χ0) is 12.3. The summed E-state index contributed by atoms with van der Waals surface area (Å²) in [6, 6.07) is 9.64. The minimum Gasteiger partial charge on any atom is -0.381 e. The number of para-hydroxylation sites is 1. The molecule has 1 heterocycles. The number of amides is 1. The van der Waals surface area contributed by atoms with E-state index in [1.165, 1.54) is 0 Å². The minimum atomic E-state index is -0.752. The fourth-order valence-electron chi connectivity index (χ4n) is 2.18. The number of hydrogen-bond donors (Lipinski definition) is 2. The highest BCUT2D eigenvalue weighted by Gasteiger charge is 2.41. The third kappa shape index (κ3) is 2.42. The average Bonchev–Trinajstić information content (AvgIpc) is 2.84. The Kier molecular flexibility index (Phi) is 3.33. The van der Waals surface area contributed by atoms with Crippen molar-refractivity contribution in [2.24, 2.45) is 11.7 Å². The zero-order valence-electron chi connectivity index (χ0n) is 9.98. The van der Waals surface area contributed by atoms with Gasteiger partial charge in [-0.05, 0) is 25.5 Å². The lowest BCUT2D eigenvalue weighted by Gasteiger charge is -2.33. The zero-order valence-corrected chi connectivity index (χ0v) is 9.98. The van der Waals surface area contributed by atoms with Crippen LogP contribution in [0.25, 0.3) is 0 Å². The van der Waals surface area contributed by atoms with E-state index in [4.69, 9.17) is 10.5 Å². The summed E-state index contributed by atoms with van der Waals surface area (Å²) in [4.78, 5) is 11.7. The SMILES string of the molecule is CC(Nc1ccccc1)(C(N)=O)C1CCOC1. The maximum Gasteiger partial charge on any atom is 0.243 e. The van der Waals surface area contributed by atoms with Gasteiger partial charge in [0.2, 0.25) is 5.91 Å². The molecule has 1 aromatic rings. The van der Waals surface area contributed by atoms with Crippen LogP contribution in [0, 0.1) is 5.92 Å². The summed E-state index contributed by atoms with van der Waals surface area (Å²) in [5.41, 5.74) is 5.69. The number of nitrogens with one attached hydrogen (secondary N) is 1. The van der Waals surface area contributed by atoms with Crippen molar-refractivity contribution in [2.45, 2.75) is 18.9 Å². The molecule has 4 heteroatoms. The van der Waals surface area contributed by atoms with Crippen molar-refractivity contribution >= 4 is 11.6 Å². The van der Waals surface area contributed by atoms with Crippen molar-refractivity contribution in [3.63, 3.8) is 0 Å². The smallest absolute Gasteiger partial charge is 0.243 e. The molecule has 0 spiro atoms. The summed E-state index contributed by atoms with van der Waals surface area (Å²) >= 11 is 0. The highest BCUT2D eigenvalue weighted by molar-refractivity contribution is 5.88. The van der Waals surface area contributed by atoms with Crippen molar-refractivity contribution in [1.82, 2.24) is 0 Å². The highest BCUT2D eigenvalue weighted by Crippen LogP contribution is 2.29. The summed E-state index contributed by atoms with van der Waals surface area (Å²) in [5.74, 6) is -0.211. The van der Waals surface area contributed by atoms with Gasteiger partial charge in [-0.3, -0.25) is 4.79 Å². The van der Waals surface area contributed by atoms with Crippen molar-refractivity contribution < 1.29 is 9.53 Å². The largest absolute Gasteiger partial charge is 0.381 e. The molecule has 17 heavy (non-hydrogen) atoms. The summed E-state index contributed by atoms with van der Waals surface area (Å²) < 4.78 is 5.34. The first-order valence-corrected chi connectivity index (χ1v) is 5.84. The van der Waals surface area contributed by atoms with Crippen molar-refractivity contribution in [1.29, 1.82) is 0 Å². The Hall–Kier alpha value is -1.55. The molecule has 1 aromatic carbocycles. The molecule has 1 fully saturated rings. The Balaban J connectivity index is 2.19. The van der Waals surface area contributed by atoms with E-state index in [0.717, 1.165) is 12.1 Å². The van der Waals surface area contributed by atoms with Crippen molar-refractivity contribution in [2.75, 3.05) is 18.5 Å². The van der Waals surface area contributed by atoms with E-state index in [1.807, 2.05) is 37.3 Å². The van der Waals surface area contributed by atoms with Gasteiger partial charge in [-0.2, -0.15) is 0 Å². The van der Waals surface area contributed by atoms with Crippen LogP contribution in [0.3, 0.4) is 0 Å². The average molecular weight is 234 g/mol. The molecule has 2 atom stereocenters. The molecule has 4 nitrogen and oxygen atoms in total. The lowest BCUT2D eigenvalue weighted by Crippen LogP contribution is -2.53. The quantitative estimate of drug-likeness (QED) is 0.827. The van der Waals surface area contributed by atoms with Crippen LogP contribution in [0.4, 0.5) is 5.69 Å². The van der Waals surface area contributed by atoms with E-state index in [-0.39, 0.29) is 11.8 Å². The predicted octanol–water partition coefficient (Wildman–Crippen LogP) is 1.38. The number of anilines is 1. The Morgan fingerprint density at radius 2 is 2.18 bits per heavy atom. The maximum absolute atomic E-state index is 11.7. The molecule has 3 N–H and O–H groups in total. The van der Waals surface area contributed by atoms with Crippen LogP contribution in [-0.2, 0) is 9.53 Å². The molecular formula is C13H18N2O2. The van der Waals surface area contributed by atoms with E-state index >= 15 is 0 Å². The van der Waals surface area contributed by atoms with Gasteiger partial charge in [0.1, 0.15) is 5.54 Å².